The van der Waals surface area contributed by atoms with Crippen LogP contribution in [0.1, 0.15) is 53.2 Å². The predicted octanol–water partition coefficient (Wildman–Crippen LogP) is 3.49. The second kappa shape index (κ2) is 7.90. The molecule has 0 aliphatic carbocycles. The summed E-state index contributed by atoms with van der Waals surface area (Å²) in [6.07, 6.45) is 1.20. The van der Waals surface area contributed by atoms with E-state index in [1.807, 2.05) is 5.38 Å². The monoisotopic (exact) mass is 343 g/mol. The first-order valence-corrected chi connectivity index (χ1v) is 9.52. The molecule has 1 aromatic carbocycles. The highest BCUT2D eigenvalue weighted by molar-refractivity contribution is 7.11. The van der Waals surface area contributed by atoms with Crippen LogP contribution in [0.5, 0.6) is 0 Å². The van der Waals surface area contributed by atoms with Gasteiger partial charge in [0.1, 0.15) is 0 Å². The minimum Gasteiger partial charge on any atom is -0.349 e. The molecule has 1 amide bonds. The molecule has 1 N–H and O–H groups in total. The summed E-state index contributed by atoms with van der Waals surface area (Å²) in [6, 6.07) is 10.7. The first-order valence-electron chi connectivity index (χ1n) is 8.64. The van der Waals surface area contributed by atoms with Gasteiger partial charge in [-0.05, 0) is 30.4 Å². The Kier molecular flexibility index (Phi) is 5.63. The topological polar surface area (TPSA) is 45.2 Å². The van der Waals surface area contributed by atoms with Crippen molar-refractivity contribution in [2.75, 3.05) is 26.2 Å². The third kappa shape index (κ3) is 4.22. The van der Waals surface area contributed by atoms with Gasteiger partial charge >= 0.3 is 0 Å². The van der Waals surface area contributed by atoms with Crippen molar-refractivity contribution in [2.45, 2.75) is 32.1 Å². The number of nitrogens with one attached hydrogen (secondary N) is 1. The maximum atomic E-state index is 12.2. The average molecular weight is 343 g/mol. The Hall–Kier alpha value is -1.72. The molecule has 24 heavy (non-hydrogen) atoms. The van der Waals surface area contributed by atoms with E-state index >= 15 is 0 Å². The summed E-state index contributed by atoms with van der Waals surface area (Å²) < 4.78 is 0. The third-order valence-corrected chi connectivity index (χ3v) is 5.42. The van der Waals surface area contributed by atoms with Gasteiger partial charge in [-0.2, -0.15) is 0 Å². The molecule has 2 aromatic rings. The normalized spacial score (nSPS) is 18.2. The van der Waals surface area contributed by atoms with E-state index in [1.54, 1.807) is 0 Å². The van der Waals surface area contributed by atoms with Gasteiger partial charge in [-0.3, -0.25) is 4.79 Å². The molecule has 5 heteroatoms. The fourth-order valence-electron chi connectivity index (χ4n) is 3.09. The van der Waals surface area contributed by atoms with Crippen molar-refractivity contribution >= 4 is 17.2 Å². The highest BCUT2D eigenvalue weighted by Crippen LogP contribution is 2.26. The quantitative estimate of drug-likeness (QED) is 0.873. The van der Waals surface area contributed by atoms with Gasteiger partial charge in [-0.25, -0.2) is 4.98 Å². The molecular weight excluding hydrogens is 318 g/mol. The highest BCUT2D eigenvalue weighted by atomic mass is 32.1. The van der Waals surface area contributed by atoms with Gasteiger partial charge < -0.3 is 10.2 Å². The van der Waals surface area contributed by atoms with Crippen molar-refractivity contribution in [3.05, 3.63) is 52.0 Å². The minimum atomic E-state index is -0.0503. The summed E-state index contributed by atoms with van der Waals surface area (Å²) in [5.74, 6) is 0.933. The van der Waals surface area contributed by atoms with Gasteiger partial charge in [0.05, 0.1) is 5.69 Å². The number of thiazole rings is 1. The van der Waals surface area contributed by atoms with Crippen molar-refractivity contribution in [1.82, 2.24) is 15.2 Å². The first kappa shape index (κ1) is 17.1. The summed E-state index contributed by atoms with van der Waals surface area (Å²) in [5, 5.41) is 5.55. The summed E-state index contributed by atoms with van der Waals surface area (Å²) in [6.45, 7) is 7.94. The van der Waals surface area contributed by atoms with E-state index in [2.05, 4.69) is 59.4 Å². The van der Waals surface area contributed by atoms with Crippen molar-refractivity contribution in [3.8, 4) is 0 Å². The van der Waals surface area contributed by atoms with Crippen LogP contribution in [0.25, 0.3) is 0 Å². The van der Waals surface area contributed by atoms with Crippen LogP contribution in [0.15, 0.2) is 35.7 Å². The SMILES string of the molecule is CC(C)c1csc(C(=O)NCCN2CCC(c3ccccc3)C2)n1. The maximum Gasteiger partial charge on any atom is 0.280 e. The van der Waals surface area contributed by atoms with E-state index in [1.165, 1.54) is 23.3 Å². The molecule has 1 aromatic heterocycles. The molecule has 1 unspecified atom stereocenters. The van der Waals surface area contributed by atoms with Crippen LogP contribution in [0.4, 0.5) is 0 Å². The molecule has 1 aliphatic heterocycles. The number of carbonyl (C=O) groups is 1. The Morgan fingerprint density at radius 1 is 1.38 bits per heavy atom. The van der Waals surface area contributed by atoms with Crippen LogP contribution in [0, 0.1) is 0 Å². The number of likely N-dealkylation sites (tertiary alicyclic amines) is 1. The number of amides is 1. The highest BCUT2D eigenvalue weighted by Gasteiger charge is 2.23. The lowest BCUT2D eigenvalue weighted by molar-refractivity contribution is 0.0949. The van der Waals surface area contributed by atoms with Crippen molar-refractivity contribution in [1.29, 1.82) is 0 Å². The first-order chi connectivity index (χ1) is 11.6. The van der Waals surface area contributed by atoms with Crippen LogP contribution in [0.2, 0.25) is 0 Å². The zero-order valence-electron chi connectivity index (χ0n) is 14.4. The van der Waals surface area contributed by atoms with Crippen LogP contribution in [-0.2, 0) is 0 Å². The maximum absolute atomic E-state index is 12.2. The molecule has 2 heterocycles. The van der Waals surface area contributed by atoms with E-state index in [4.69, 9.17) is 0 Å². The van der Waals surface area contributed by atoms with Gasteiger partial charge in [-0.1, -0.05) is 44.2 Å². The second-order valence-electron chi connectivity index (χ2n) is 6.69. The molecule has 0 saturated carbocycles. The Bertz CT molecular complexity index is 668. The Morgan fingerprint density at radius 2 is 2.17 bits per heavy atom. The molecule has 4 nitrogen and oxygen atoms in total. The molecule has 0 radical (unpaired) electrons. The molecule has 1 saturated heterocycles. The number of nitrogens with zero attached hydrogens (tertiary/aromatic N) is 2. The second-order valence-corrected chi connectivity index (χ2v) is 7.54. The minimum absolute atomic E-state index is 0.0503. The van der Waals surface area contributed by atoms with Crippen molar-refractivity contribution < 1.29 is 4.79 Å². The van der Waals surface area contributed by atoms with E-state index in [-0.39, 0.29) is 5.91 Å². The smallest absolute Gasteiger partial charge is 0.280 e. The third-order valence-electron chi connectivity index (χ3n) is 4.56. The zero-order valence-corrected chi connectivity index (χ0v) is 15.2. The lowest BCUT2D eigenvalue weighted by Gasteiger charge is -2.16. The number of hydrogen-bond acceptors (Lipinski definition) is 4. The molecule has 3 rings (SSSR count). The fraction of sp³-hybridized carbons (Fsp3) is 0.474. The Morgan fingerprint density at radius 3 is 2.88 bits per heavy atom. The summed E-state index contributed by atoms with van der Waals surface area (Å²) >= 11 is 1.43. The lowest BCUT2D eigenvalue weighted by Crippen LogP contribution is -2.33. The number of rotatable bonds is 6. The van der Waals surface area contributed by atoms with Gasteiger partial charge in [-0.15, -0.1) is 11.3 Å². The summed E-state index contributed by atoms with van der Waals surface area (Å²) in [7, 11) is 0. The van der Waals surface area contributed by atoms with E-state index in [9.17, 15) is 4.79 Å². The van der Waals surface area contributed by atoms with Crippen LogP contribution < -0.4 is 5.32 Å². The van der Waals surface area contributed by atoms with Crippen LogP contribution in [-0.4, -0.2) is 42.0 Å². The molecule has 0 spiro atoms. The van der Waals surface area contributed by atoms with Gasteiger partial charge in [0.25, 0.3) is 5.91 Å². The Balaban J connectivity index is 1.43. The molecule has 128 valence electrons. The van der Waals surface area contributed by atoms with Crippen molar-refractivity contribution in [2.24, 2.45) is 0 Å². The van der Waals surface area contributed by atoms with E-state index in [0.717, 1.165) is 25.3 Å². The zero-order chi connectivity index (χ0) is 16.9. The lowest BCUT2D eigenvalue weighted by atomic mass is 9.99. The summed E-state index contributed by atoms with van der Waals surface area (Å²) in [5.41, 5.74) is 2.42. The Labute approximate surface area is 147 Å². The molecule has 1 atom stereocenters. The summed E-state index contributed by atoms with van der Waals surface area (Å²) in [4.78, 5) is 19.0. The van der Waals surface area contributed by atoms with Crippen LogP contribution in [0.3, 0.4) is 0 Å². The van der Waals surface area contributed by atoms with Crippen molar-refractivity contribution in [3.63, 3.8) is 0 Å². The van der Waals surface area contributed by atoms with Gasteiger partial charge in [0.15, 0.2) is 5.01 Å². The van der Waals surface area contributed by atoms with Gasteiger partial charge in [0, 0.05) is 25.0 Å². The van der Waals surface area contributed by atoms with Gasteiger partial charge in [0.2, 0.25) is 0 Å². The fourth-order valence-corrected chi connectivity index (χ4v) is 3.99. The number of benzene rings is 1. The number of aromatic nitrogens is 1. The number of carbonyl (C=O) groups excluding carboxylic acids is 1. The predicted molar refractivity (Wildman–Crippen MR) is 98.8 cm³/mol. The number of hydrogen-bond donors (Lipinski definition) is 1. The standard InChI is InChI=1S/C19H25N3OS/c1-14(2)17-13-24-19(21-17)18(23)20-9-11-22-10-8-16(12-22)15-6-4-3-5-7-15/h3-7,13-14,16H,8-12H2,1-2H3,(H,20,23). The van der Waals surface area contributed by atoms with E-state index in [0.29, 0.717) is 23.4 Å². The molecular formula is C19H25N3OS. The molecule has 1 fully saturated rings. The average Bonchev–Trinajstić information content (AvgIpc) is 3.25. The van der Waals surface area contributed by atoms with Crippen LogP contribution >= 0.6 is 11.3 Å². The molecule has 1 aliphatic rings. The molecule has 0 bridgehead atoms. The van der Waals surface area contributed by atoms with E-state index < -0.39 is 0 Å². The largest absolute Gasteiger partial charge is 0.349 e.